The molecule has 104 valence electrons. The van der Waals surface area contributed by atoms with Crippen molar-refractivity contribution in [2.75, 3.05) is 11.5 Å². The van der Waals surface area contributed by atoms with Crippen LogP contribution in [0.15, 0.2) is 6.07 Å². The molecule has 4 nitrogen and oxygen atoms in total. The quantitative estimate of drug-likeness (QED) is 0.895. The normalized spacial score (nSPS) is 22.4. The van der Waals surface area contributed by atoms with Gasteiger partial charge in [0.1, 0.15) is 5.54 Å². The molecule has 1 aromatic rings. The lowest BCUT2D eigenvalue weighted by atomic mass is 9.99. The van der Waals surface area contributed by atoms with E-state index >= 15 is 0 Å². The second kappa shape index (κ2) is 5.54. The molecule has 0 aliphatic carbocycles. The average molecular weight is 299 g/mol. The minimum absolute atomic E-state index is 0.266. The number of carboxylic acid groups (broad SMARTS) is 1. The smallest absolute Gasteiger partial charge is 0.330 e. The molecule has 6 heteroatoms. The molecule has 1 aliphatic rings. The summed E-state index contributed by atoms with van der Waals surface area (Å²) in [4.78, 5) is 25.4. The molecule has 1 unspecified atom stereocenters. The summed E-state index contributed by atoms with van der Waals surface area (Å²) in [6.45, 7) is 4.03. The third kappa shape index (κ3) is 2.79. The van der Waals surface area contributed by atoms with E-state index in [1.54, 1.807) is 11.8 Å². The fourth-order valence-electron chi connectivity index (χ4n) is 2.15. The van der Waals surface area contributed by atoms with E-state index in [2.05, 4.69) is 5.32 Å². The van der Waals surface area contributed by atoms with Crippen molar-refractivity contribution < 1.29 is 14.7 Å². The van der Waals surface area contributed by atoms with Crippen molar-refractivity contribution in [3.8, 4) is 0 Å². The van der Waals surface area contributed by atoms with E-state index in [0.717, 1.165) is 17.7 Å². The Balaban J connectivity index is 2.17. The Labute approximate surface area is 120 Å². The molecule has 1 aliphatic heterocycles. The topological polar surface area (TPSA) is 66.4 Å². The van der Waals surface area contributed by atoms with Crippen LogP contribution in [0, 0.1) is 6.92 Å². The minimum Gasteiger partial charge on any atom is -0.479 e. The lowest BCUT2D eigenvalue weighted by molar-refractivity contribution is -0.143. The molecule has 1 aromatic heterocycles. The molecule has 1 fully saturated rings. The number of carbonyl (C=O) groups excluding carboxylic acids is 1. The first-order chi connectivity index (χ1) is 8.98. The predicted octanol–water partition coefficient (Wildman–Crippen LogP) is 2.31. The van der Waals surface area contributed by atoms with Gasteiger partial charge in [0, 0.05) is 10.6 Å². The largest absolute Gasteiger partial charge is 0.479 e. The zero-order valence-corrected chi connectivity index (χ0v) is 12.6. The summed E-state index contributed by atoms with van der Waals surface area (Å²) in [6.07, 6.45) is 1.38. The van der Waals surface area contributed by atoms with E-state index in [-0.39, 0.29) is 5.91 Å². The molecule has 2 heterocycles. The number of aliphatic carboxylic acids is 1. The Bertz CT molecular complexity index is 504. The highest BCUT2D eigenvalue weighted by Gasteiger charge is 2.43. The second-order valence-electron chi connectivity index (χ2n) is 4.71. The van der Waals surface area contributed by atoms with Crippen LogP contribution in [0.5, 0.6) is 0 Å². The SMILES string of the molecule is CCc1sc(C(=O)NC2(C(=O)O)CCSC2)cc1C. The number of amides is 1. The Hall–Kier alpha value is -1.01. The number of thioether (sulfide) groups is 1. The third-order valence-corrected chi connectivity index (χ3v) is 5.92. The lowest BCUT2D eigenvalue weighted by Crippen LogP contribution is -2.54. The van der Waals surface area contributed by atoms with E-state index in [4.69, 9.17) is 0 Å². The van der Waals surface area contributed by atoms with Crippen molar-refractivity contribution in [2.45, 2.75) is 32.2 Å². The fraction of sp³-hybridized carbons (Fsp3) is 0.538. The van der Waals surface area contributed by atoms with E-state index in [9.17, 15) is 14.7 Å². The predicted molar refractivity (Wildman–Crippen MR) is 78.2 cm³/mol. The molecular formula is C13H17NO3S2. The van der Waals surface area contributed by atoms with Crippen LogP contribution in [-0.4, -0.2) is 34.0 Å². The van der Waals surface area contributed by atoms with Crippen LogP contribution in [0.25, 0.3) is 0 Å². The van der Waals surface area contributed by atoms with E-state index in [0.29, 0.717) is 17.1 Å². The third-order valence-electron chi connectivity index (χ3n) is 3.35. The number of carboxylic acids is 1. The first-order valence-corrected chi connectivity index (χ1v) is 8.18. The number of nitrogens with one attached hydrogen (secondary N) is 1. The van der Waals surface area contributed by atoms with Crippen LogP contribution in [0.1, 0.15) is 33.5 Å². The number of hydrogen-bond acceptors (Lipinski definition) is 4. The number of thiophene rings is 1. The molecule has 2 rings (SSSR count). The summed E-state index contributed by atoms with van der Waals surface area (Å²) in [5.74, 6) is 0.0162. The second-order valence-corrected chi connectivity index (χ2v) is 6.96. The molecule has 0 spiro atoms. The molecule has 0 aromatic carbocycles. The number of aryl methyl sites for hydroxylation is 2. The van der Waals surface area contributed by atoms with Gasteiger partial charge in [-0.2, -0.15) is 11.8 Å². The van der Waals surface area contributed by atoms with Gasteiger partial charge in [-0.15, -0.1) is 11.3 Å². The summed E-state index contributed by atoms with van der Waals surface area (Å²) >= 11 is 3.02. The Morgan fingerprint density at radius 1 is 1.53 bits per heavy atom. The Morgan fingerprint density at radius 3 is 2.74 bits per heavy atom. The van der Waals surface area contributed by atoms with Crippen LogP contribution in [0.3, 0.4) is 0 Å². The number of rotatable bonds is 4. The molecule has 0 bridgehead atoms. The highest BCUT2D eigenvalue weighted by atomic mass is 32.2. The maximum absolute atomic E-state index is 12.2. The van der Waals surface area contributed by atoms with Gasteiger partial charge >= 0.3 is 5.97 Å². The van der Waals surface area contributed by atoms with Crippen molar-refractivity contribution >= 4 is 35.0 Å². The summed E-state index contributed by atoms with van der Waals surface area (Å²) in [5.41, 5.74) is 0.00859. The molecule has 0 radical (unpaired) electrons. The summed E-state index contributed by atoms with van der Waals surface area (Å²) in [6, 6.07) is 1.84. The first kappa shape index (κ1) is 14.4. The fourth-order valence-corrected chi connectivity index (χ4v) is 4.48. The van der Waals surface area contributed by atoms with Crippen molar-refractivity contribution in [2.24, 2.45) is 0 Å². The van der Waals surface area contributed by atoms with Gasteiger partial charge in [0.05, 0.1) is 4.88 Å². The van der Waals surface area contributed by atoms with E-state index in [1.165, 1.54) is 16.2 Å². The van der Waals surface area contributed by atoms with Gasteiger partial charge in [0.15, 0.2) is 0 Å². The lowest BCUT2D eigenvalue weighted by Gasteiger charge is -2.24. The van der Waals surface area contributed by atoms with Crippen molar-refractivity contribution in [3.63, 3.8) is 0 Å². The first-order valence-electron chi connectivity index (χ1n) is 6.21. The molecule has 0 saturated carbocycles. The van der Waals surface area contributed by atoms with Crippen molar-refractivity contribution in [3.05, 3.63) is 21.4 Å². The molecule has 1 saturated heterocycles. The minimum atomic E-state index is -1.09. The zero-order chi connectivity index (χ0) is 14.0. The van der Waals surface area contributed by atoms with Crippen LogP contribution in [0.2, 0.25) is 0 Å². The van der Waals surface area contributed by atoms with Gasteiger partial charge in [-0.25, -0.2) is 4.79 Å². The Kier molecular flexibility index (Phi) is 4.20. The Morgan fingerprint density at radius 2 is 2.26 bits per heavy atom. The summed E-state index contributed by atoms with van der Waals surface area (Å²) in [5, 5.41) is 12.1. The van der Waals surface area contributed by atoms with Crippen LogP contribution >= 0.6 is 23.1 Å². The van der Waals surface area contributed by atoms with Gasteiger partial charge in [-0.1, -0.05) is 6.92 Å². The van der Waals surface area contributed by atoms with Crippen LogP contribution in [0.4, 0.5) is 0 Å². The van der Waals surface area contributed by atoms with Crippen molar-refractivity contribution in [1.82, 2.24) is 5.32 Å². The van der Waals surface area contributed by atoms with Gasteiger partial charge in [0.25, 0.3) is 5.91 Å². The molecule has 19 heavy (non-hydrogen) atoms. The maximum Gasteiger partial charge on any atom is 0.330 e. The number of hydrogen-bond donors (Lipinski definition) is 2. The summed E-state index contributed by atoms with van der Waals surface area (Å²) in [7, 11) is 0. The van der Waals surface area contributed by atoms with Gasteiger partial charge in [-0.3, -0.25) is 4.79 Å². The van der Waals surface area contributed by atoms with Gasteiger partial charge in [-0.05, 0) is 37.1 Å². The maximum atomic E-state index is 12.2. The van der Waals surface area contributed by atoms with Gasteiger partial charge < -0.3 is 10.4 Å². The number of carbonyl (C=O) groups is 2. The highest BCUT2D eigenvalue weighted by molar-refractivity contribution is 7.99. The molecule has 1 atom stereocenters. The summed E-state index contributed by atoms with van der Waals surface area (Å²) < 4.78 is 0. The highest BCUT2D eigenvalue weighted by Crippen LogP contribution is 2.29. The van der Waals surface area contributed by atoms with E-state index in [1.807, 2.05) is 19.9 Å². The van der Waals surface area contributed by atoms with Crippen LogP contribution < -0.4 is 5.32 Å². The molecule has 2 N–H and O–H groups in total. The van der Waals surface area contributed by atoms with Gasteiger partial charge in [0.2, 0.25) is 0 Å². The van der Waals surface area contributed by atoms with Crippen LogP contribution in [-0.2, 0) is 11.2 Å². The standard InChI is InChI=1S/C13H17NO3S2/c1-3-9-8(2)6-10(19-9)11(15)14-13(12(16)17)4-5-18-7-13/h6H,3-5,7H2,1-2H3,(H,14,15)(H,16,17). The van der Waals surface area contributed by atoms with Crippen molar-refractivity contribution in [1.29, 1.82) is 0 Å². The van der Waals surface area contributed by atoms with E-state index < -0.39 is 11.5 Å². The zero-order valence-electron chi connectivity index (χ0n) is 11.0. The molecule has 1 amide bonds. The molecular weight excluding hydrogens is 282 g/mol. The average Bonchev–Trinajstić information content (AvgIpc) is 2.96. The monoisotopic (exact) mass is 299 g/mol.